The van der Waals surface area contributed by atoms with Crippen LogP contribution < -0.4 is 0 Å². The highest BCUT2D eigenvalue weighted by molar-refractivity contribution is 4.72. The summed E-state index contributed by atoms with van der Waals surface area (Å²) >= 11 is 0. The molecule has 2 atom stereocenters. The number of aliphatic hydroxyl groups is 1. The predicted octanol–water partition coefficient (Wildman–Crippen LogP) is 0.104. The molecule has 0 spiro atoms. The van der Waals surface area contributed by atoms with Crippen LogP contribution in [0.15, 0.2) is 0 Å². The van der Waals surface area contributed by atoms with Gasteiger partial charge in [-0.15, -0.1) is 0 Å². The van der Waals surface area contributed by atoms with Gasteiger partial charge in [-0.05, 0) is 13.8 Å². The monoisotopic (exact) mass is 203 g/mol. The Morgan fingerprint density at radius 2 is 1.93 bits per heavy atom. The molecule has 0 saturated carbocycles. The minimum absolute atomic E-state index is 0.107. The van der Waals surface area contributed by atoms with Gasteiger partial charge < -0.3 is 14.6 Å². The van der Waals surface area contributed by atoms with Gasteiger partial charge in [-0.3, -0.25) is 4.90 Å². The Bertz CT molecular complexity index is 144. The number of ether oxygens (including phenoxy) is 2. The summed E-state index contributed by atoms with van der Waals surface area (Å²) < 4.78 is 10.8. The molecule has 1 saturated heterocycles. The summed E-state index contributed by atoms with van der Waals surface area (Å²) in [5, 5.41) is 8.53. The molecule has 0 amide bonds. The number of hydrogen-bond donors (Lipinski definition) is 1. The van der Waals surface area contributed by atoms with Gasteiger partial charge in [-0.1, -0.05) is 0 Å². The molecular formula is C10H21NO3. The first-order chi connectivity index (χ1) is 6.72. The zero-order chi connectivity index (χ0) is 10.4. The molecule has 84 valence electrons. The molecule has 0 aromatic rings. The molecule has 1 aliphatic heterocycles. The van der Waals surface area contributed by atoms with E-state index < -0.39 is 0 Å². The maximum absolute atomic E-state index is 8.53. The summed E-state index contributed by atoms with van der Waals surface area (Å²) in [4.78, 5) is 2.34. The van der Waals surface area contributed by atoms with E-state index in [2.05, 4.69) is 18.7 Å². The molecule has 4 nitrogen and oxygen atoms in total. The first-order valence-electron chi connectivity index (χ1n) is 5.28. The van der Waals surface area contributed by atoms with E-state index in [4.69, 9.17) is 14.6 Å². The zero-order valence-electron chi connectivity index (χ0n) is 9.11. The van der Waals surface area contributed by atoms with Gasteiger partial charge in [0.1, 0.15) is 0 Å². The van der Waals surface area contributed by atoms with Crippen molar-refractivity contribution in [2.45, 2.75) is 26.1 Å². The van der Waals surface area contributed by atoms with Crippen molar-refractivity contribution in [2.24, 2.45) is 0 Å². The lowest BCUT2D eigenvalue weighted by molar-refractivity contribution is -0.0735. The van der Waals surface area contributed by atoms with Crippen LogP contribution in [0.3, 0.4) is 0 Å². The van der Waals surface area contributed by atoms with E-state index in [0.29, 0.717) is 25.4 Å². The van der Waals surface area contributed by atoms with E-state index in [9.17, 15) is 0 Å². The van der Waals surface area contributed by atoms with Crippen molar-refractivity contribution < 1.29 is 14.6 Å². The van der Waals surface area contributed by atoms with Crippen LogP contribution >= 0.6 is 0 Å². The first-order valence-corrected chi connectivity index (χ1v) is 5.28. The number of hydrogen-bond acceptors (Lipinski definition) is 4. The molecular weight excluding hydrogens is 182 g/mol. The van der Waals surface area contributed by atoms with Gasteiger partial charge in [0.25, 0.3) is 0 Å². The number of rotatable bonds is 5. The third-order valence-corrected chi connectivity index (χ3v) is 2.28. The number of nitrogens with zero attached hydrogens (tertiary/aromatic N) is 1. The van der Waals surface area contributed by atoms with Crippen molar-refractivity contribution >= 4 is 0 Å². The quantitative estimate of drug-likeness (QED) is 0.644. The number of aliphatic hydroxyl groups excluding tert-OH is 1. The Morgan fingerprint density at radius 3 is 2.50 bits per heavy atom. The topological polar surface area (TPSA) is 41.9 Å². The van der Waals surface area contributed by atoms with Crippen molar-refractivity contribution in [3.8, 4) is 0 Å². The molecule has 14 heavy (non-hydrogen) atoms. The fourth-order valence-corrected chi connectivity index (χ4v) is 1.83. The second-order valence-corrected chi connectivity index (χ2v) is 3.85. The summed E-state index contributed by atoms with van der Waals surface area (Å²) in [5.41, 5.74) is 0. The van der Waals surface area contributed by atoms with Crippen LogP contribution in [-0.2, 0) is 9.47 Å². The molecule has 4 heteroatoms. The van der Waals surface area contributed by atoms with Crippen LogP contribution in [0.5, 0.6) is 0 Å². The van der Waals surface area contributed by atoms with Crippen LogP contribution in [0.4, 0.5) is 0 Å². The van der Waals surface area contributed by atoms with Crippen molar-refractivity contribution in [1.29, 1.82) is 0 Å². The minimum atomic E-state index is 0.107. The lowest BCUT2D eigenvalue weighted by atomic mass is 10.2. The summed E-state index contributed by atoms with van der Waals surface area (Å²) in [6, 6.07) is 0. The lowest BCUT2D eigenvalue weighted by Gasteiger charge is -2.35. The predicted molar refractivity (Wildman–Crippen MR) is 54.4 cm³/mol. The van der Waals surface area contributed by atoms with Gasteiger partial charge in [0.2, 0.25) is 0 Å². The summed E-state index contributed by atoms with van der Waals surface area (Å²) in [7, 11) is 0. The van der Waals surface area contributed by atoms with Crippen LogP contribution in [0, 0.1) is 0 Å². The fourth-order valence-electron chi connectivity index (χ4n) is 1.83. The summed E-state index contributed by atoms with van der Waals surface area (Å²) in [6.07, 6.45) is 0.633. The summed E-state index contributed by atoms with van der Waals surface area (Å²) in [5.74, 6) is 0. The van der Waals surface area contributed by atoms with Crippen molar-refractivity contribution in [1.82, 2.24) is 4.90 Å². The SMILES string of the molecule is CC1CN(CCOCCO)CC(C)O1. The van der Waals surface area contributed by atoms with E-state index in [1.54, 1.807) is 0 Å². The van der Waals surface area contributed by atoms with Gasteiger partial charge in [0.15, 0.2) is 0 Å². The molecule has 1 N–H and O–H groups in total. The second-order valence-electron chi connectivity index (χ2n) is 3.85. The molecule has 2 unspecified atom stereocenters. The molecule has 1 heterocycles. The molecule has 0 aliphatic carbocycles. The van der Waals surface area contributed by atoms with E-state index in [1.165, 1.54) is 0 Å². The van der Waals surface area contributed by atoms with Gasteiger partial charge in [-0.2, -0.15) is 0 Å². The molecule has 1 rings (SSSR count). The average molecular weight is 203 g/mol. The maximum Gasteiger partial charge on any atom is 0.0698 e. The first kappa shape index (κ1) is 11.9. The van der Waals surface area contributed by atoms with Gasteiger partial charge >= 0.3 is 0 Å². The standard InChI is InChI=1S/C10H21NO3/c1-9-7-11(8-10(2)14-9)3-5-13-6-4-12/h9-10,12H,3-8H2,1-2H3. The highest BCUT2D eigenvalue weighted by Crippen LogP contribution is 2.09. The van der Waals surface area contributed by atoms with Crippen molar-refractivity contribution in [3.63, 3.8) is 0 Å². The average Bonchev–Trinajstić information content (AvgIpc) is 2.11. The van der Waals surface area contributed by atoms with Crippen molar-refractivity contribution in [3.05, 3.63) is 0 Å². The van der Waals surface area contributed by atoms with E-state index in [1.807, 2.05) is 0 Å². The normalized spacial score (nSPS) is 29.4. The summed E-state index contributed by atoms with van der Waals surface area (Å²) in [6.45, 7) is 8.32. The minimum Gasteiger partial charge on any atom is -0.394 e. The lowest BCUT2D eigenvalue weighted by Crippen LogP contribution is -2.46. The Hall–Kier alpha value is -0.160. The van der Waals surface area contributed by atoms with Gasteiger partial charge in [0.05, 0.1) is 32.0 Å². The van der Waals surface area contributed by atoms with Crippen LogP contribution in [-0.4, -0.2) is 61.7 Å². The second kappa shape index (κ2) is 6.35. The highest BCUT2D eigenvalue weighted by atomic mass is 16.5. The van der Waals surface area contributed by atoms with Gasteiger partial charge in [0, 0.05) is 19.6 Å². The van der Waals surface area contributed by atoms with Crippen molar-refractivity contribution in [2.75, 3.05) is 39.5 Å². The van der Waals surface area contributed by atoms with Crippen LogP contribution in [0.2, 0.25) is 0 Å². The van der Waals surface area contributed by atoms with E-state index in [0.717, 1.165) is 19.6 Å². The molecule has 1 fully saturated rings. The third kappa shape index (κ3) is 4.37. The number of morpholine rings is 1. The molecule has 0 aromatic heterocycles. The zero-order valence-corrected chi connectivity index (χ0v) is 9.11. The smallest absolute Gasteiger partial charge is 0.0698 e. The largest absolute Gasteiger partial charge is 0.394 e. The highest BCUT2D eigenvalue weighted by Gasteiger charge is 2.21. The molecule has 1 aliphatic rings. The third-order valence-electron chi connectivity index (χ3n) is 2.28. The Balaban J connectivity index is 2.10. The van der Waals surface area contributed by atoms with E-state index >= 15 is 0 Å². The Kier molecular flexibility index (Phi) is 5.40. The maximum atomic E-state index is 8.53. The fraction of sp³-hybridized carbons (Fsp3) is 1.00. The van der Waals surface area contributed by atoms with Crippen LogP contribution in [0.1, 0.15) is 13.8 Å². The molecule has 0 radical (unpaired) electrons. The molecule has 0 bridgehead atoms. The van der Waals surface area contributed by atoms with Crippen LogP contribution in [0.25, 0.3) is 0 Å². The van der Waals surface area contributed by atoms with Gasteiger partial charge in [-0.25, -0.2) is 0 Å². The Morgan fingerprint density at radius 1 is 1.29 bits per heavy atom. The Labute approximate surface area is 85.8 Å². The molecule has 0 aromatic carbocycles. The van der Waals surface area contributed by atoms with E-state index in [-0.39, 0.29) is 6.61 Å².